The van der Waals surface area contributed by atoms with E-state index in [9.17, 15) is 4.79 Å². The first-order chi connectivity index (χ1) is 17.1. The Labute approximate surface area is 208 Å². The Balaban J connectivity index is 1.43. The zero-order chi connectivity index (χ0) is 24.3. The molecule has 1 amide bonds. The second-order valence-corrected chi connectivity index (χ2v) is 9.75. The molecule has 0 radical (unpaired) electrons. The molecule has 0 unspecified atom stereocenters. The van der Waals surface area contributed by atoms with Gasteiger partial charge < -0.3 is 5.73 Å². The SMILES string of the molecule is Cc1n([C@H]2CC[C@H](C(C(N)=O)(c3ccccc3)c3ccccc3)C2)cc[n+]1CCc1ccccc1. The number of hydrogen-bond donors (Lipinski definition) is 1. The van der Waals surface area contributed by atoms with Crippen LogP contribution in [0.5, 0.6) is 0 Å². The van der Waals surface area contributed by atoms with Crippen molar-refractivity contribution < 1.29 is 9.36 Å². The van der Waals surface area contributed by atoms with Crippen LogP contribution >= 0.6 is 0 Å². The van der Waals surface area contributed by atoms with Gasteiger partial charge in [-0.25, -0.2) is 9.13 Å². The summed E-state index contributed by atoms with van der Waals surface area (Å²) >= 11 is 0. The van der Waals surface area contributed by atoms with Gasteiger partial charge in [0.1, 0.15) is 23.9 Å². The van der Waals surface area contributed by atoms with E-state index in [1.54, 1.807) is 0 Å². The third-order valence-corrected chi connectivity index (χ3v) is 7.94. The molecule has 3 aromatic carbocycles. The van der Waals surface area contributed by atoms with Crippen LogP contribution in [0.15, 0.2) is 103 Å². The van der Waals surface area contributed by atoms with Crippen LogP contribution in [0.1, 0.15) is 47.8 Å². The summed E-state index contributed by atoms with van der Waals surface area (Å²) < 4.78 is 4.75. The normalized spacial score (nSPS) is 18.0. The number of benzene rings is 3. The molecule has 4 heteroatoms. The highest BCUT2D eigenvalue weighted by Crippen LogP contribution is 2.49. The fourth-order valence-corrected chi connectivity index (χ4v) is 6.16. The zero-order valence-corrected chi connectivity index (χ0v) is 20.4. The van der Waals surface area contributed by atoms with Crippen molar-refractivity contribution in [2.45, 2.75) is 50.6 Å². The van der Waals surface area contributed by atoms with Crippen LogP contribution in [0.25, 0.3) is 0 Å². The van der Waals surface area contributed by atoms with E-state index < -0.39 is 5.41 Å². The standard InChI is InChI=1S/C31H33N3O/c1-24-33(20-19-25-11-5-2-6-12-25)21-22-34(24)29-18-17-28(23-29)31(30(32)35,26-13-7-3-8-14-26)27-15-9-4-10-16-27/h2-16,21-22,28-29H,17-20,23H2,1H3,(H-,32,35)/p+1/t28-,29-/m0/s1. The quantitative estimate of drug-likeness (QED) is 0.361. The van der Waals surface area contributed by atoms with Crippen molar-refractivity contribution in [2.75, 3.05) is 0 Å². The number of aryl methyl sites for hydroxylation is 2. The van der Waals surface area contributed by atoms with Crippen molar-refractivity contribution in [3.05, 3.63) is 126 Å². The monoisotopic (exact) mass is 464 g/mol. The third-order valence-electron chi connectivity index (χ3n) is 7.94. The number of rotatable bonds is 8. The summed E-state index contributed by atoms with van der Waals surface area (Å²) in [6.07, 6.45) is 8.33. The molecule has 2 atom stereocenters. The van der Waals surface area contributed by atoms with Crippen molar-refractivity contribution >= 4 is 5.91 Å². The average molecular weight is 465 g/mol. The van der Waals surface area contributed by atoms with E-state index in [4.69, 9.17) is 5.73 Å². The van der Waals surface area contributed by atoms with Crippen molar-refractivity contribution in [3.8, 4) is 0 Å². The van der Waals surface area contributed by atoms with Gasteiger partial charge in [-0.05, 0) is 41.9 Å². The Bertz CT molecular complexity index is 1230. The number of carbonyl (C=O) groups excluding carboxylic acids is 1. The summed E-state index contributed by atoms with van der Waals surface area (Å²) in [5.41, 5.74) is 8.78. The first-order valence-electron chi connectivity index (χ1n) is 12.6. The highest BCUT2D eigenvalue weighted by atomic mass is 16.1. The largest absolute Gasteiger partial charge is 0.369 e. The lowest BCUT2D eigenvalue weighted by Crippen LogP contribution is -2.47. The van der Waals surface area contributed by atoms with Gasteiger partial charge in [-0.1, -0.05) is 91.0 Å². The smallest absolute Gasteiger partial charge is 0.253 e. The highest BCUT2D eigenvalue weighted by Gasteiger charge is 2.51. The van der Waals surface area contributed by atoms with Crippen molar-refractivity contribution in [1.29, 1.82) is 0 Å². The molecular weight excluding hydrogens is 430 g/mol. The fourth-order valence-electron chi connectivity index (χ4n) is 6.16. The summed E-state index contributed by atoms with van der Waals surface area (Å²) in [5, 5.41) is 0. The number of carbonyl (C=O) groups is 1. The lowest BCUT2D eigenvalue weighted by atomic mass is 9.64. The molecule has 0 saturated heterocycles. The molecule has 178 valence electrons. The molecule has 1 saturated carbocycles. The molecule has 5 rings (SSSR count). The molecule has 0 aliphatic heterocycles. The van der Waals surface area contributed by atoms with Crippen molar-refractivity contribution in [3.63, 3.8) is 0 Å². The molecule has 1 heterocycles. The maximum absolute atomic E-state index is 13.4. The lowest BCUT2D eigenvalue weighted by Gasteiger charge is -2.37. The van der Waals surface area contributed by atoms with Crippen LogP contribution in [0.2, 0.25) is 0 Å². The molecular formula is C31H34N3O+. The van der Waals surface area contributed by atoms with Crippen molar-refractivity contribution in [2.24, 2.45) is 11.7 Å². The van der Waals surface area contributed by atoms with Crippen LogP contribution < -0.4 is 10.3 Å². The second kappa shape index (κ2) is 9.91. The molecule has 0 spiro atoms. The number of primary amides is 1. The third kappa shape index (κ3) is 4.29. The number of nitrogens with zero attached hydrogens (tertiary/aromatic N) is 2. The second-order valence-electron chi connectivity index (χ2n) is 9.75. The number of hydrogen-bond acceptors (Lipinski definition) is 1. The Morgan fingerprint density at radius 3 is 2.06 bits per heavy atom. The number of amides is 1. The minimum absolute atomic E-state index is 0.134. The van der Waals surface area contributed by atoms with E-state index in [0.29, 0.717) is 6.04 Å². The van der Waals surface area contributed by atoms with Crippen LogP contribution in [-0.4, -0.2) is 10.5 Å². The van der Waals surface area contributed by atoms with Crippen LogP contribution in [0.3, 0.4) is 0 Å². The summed E-state index contributed by atoms with van der Waals surface area (Å²) in [6.45, 7) is 3.16. The first kappa shape index (κ1) is 23.1. The molecule has 35 heavy (non-hydrogen) atoms. The summed E-state index contributed by atoms with van der Waals surface area (Å²) in [5.74, 6) is 1.13. The summed E-state index contributed by atoms with van der Waals surface area (Å²) in [7, 11) is 0. The molecule has 1 fully saturated rings. The molecule has 4 aromatic rings. The summed E-state index contributed by atoms with van der Waals surface area (Å²) in [4.78, 5) is 13.4. The van der Waals surface area contributed by atoms with E-state index in [-0.39, 0.29) is 11.8 Å². The maximum Gasteiger partial charge on any atom is 0.253 e. The Morgan fingerprint density at radius 2 is 1.49 bits per heavy atom. The van der Waals surface area contributed by atoms with Crippen LogP contribution in [0, 0.1) is 12.8 Å². The molecule has 1 aliphatic carbocycles. The van der Waals surface area contributed by atoms with Gasteiger partial charge in [0, 0.05) is 13.3 Å². The van der Waals surface area contributed by atoms with Gasteiger partial charge in [-0.2, -0.15) is 0 Å². The predicted molar refractivity (Wildman–Crippen MR) is 139 cm³/mol. The zero-order valence-electron chi connectivity index (χ0n) is 20.4. The molecule has 2 N–H and O–H groups in total. The van der Waals surface area contributed by atoms with Gasteiger partial charge in [-0.3, -0.25) is 4.79 Å². The van der Waals surface area contributed by atoms with E-state index in [1.807, 2.05) is 36.4 Å². The average Bonchev–Trinajstić information content (AvgIpc) is 3.52. The van der Waals surface area contributed by atoms with Gasteiger partial charge in [0.2, 0.25) is 5.91 Å². The number of aromatic nitrogens is 2. The van der Waals surface area contributed by atoms with Crippen molar-refractivity contribution in [1.82, 2.24) is 4.57 Å². The topological polar surface area (TPSA) is 51.9 Å². The van der Waals surface area contributed by atoms with Gasteiger partial charge in [-0.15, -0.1) is 0 Å². The van der Waals surface area contributed by atoms with Gasteiger partial charge >= 0.3 is 0 Å². The van der Waals surface area contributed by atoms with E-state index in [1.165, 1.54) is 11.4 Å². The van der Waals surface area contributed by atoms with Gasteiger partial charge in [0.05, 0.1) is 6.54 Å². The summed E-state index contributed by atoms with van der Waals surface area (Å²) in [6, 6.07) is 31.2. The molecule has 1 aromatic heterocycles. The predicted octanol–water partition coefficient (Wildman–Crippen LogP) is 5.14. The first-order valence-corrected chi connectivity index (χ1v) is 12.6. The Kier molecular flexibility index (Phi) is 6.54. The maximum atomic E-state index is 13.4. The van der Waals surface area contributed by atoms with Crippen LogP contribution in [-0.2, 0) is 23.2 Å². The minimum atomic E-state index is -0.832. The number of imidazole rings is 1. The fraction of sp³-hybridized carbons (Fsp3) is 0.290. The van der Waals surface area contributed by atoms with Crippen LogP contribution in [0.4, 0.5) is 0 Å². The Hall–Kier alpha value is -3.66. The van der Waals surface area contributed by atoms with Gasteiger partial charge in [0.25, 0.3) is 5.82 Å². The van der Waals surface area contributed by atoms with E-state index >= 15 is 0 Å². The van der Waals surface area contributed by atoms with E-state index in [0.717, 1.165) is 43.4 Å². The molecule has 1 aliphatic rings. The van der Waals surface area contributed by atoms with E-state index in [2.05, 4.69) is 83.0 Å². The lowest BCUT2D eigenvalue weighted by molar-refractivity contribution is -0.702. The highest BCUT2D eigenvalue weighted by molar-refractivity contribution is 5.91. The minimum Gasteiger partial charge on any atom is -0.369 e. The Morgan fingerprint density at radius 1 is 0.914 bits per heavy atom. The molecule has 4 nitrogen and oxygen atoms in total. The molecule has 0 bridgehead atoms. The number of nitrogens with two attached hydrogens (primary N) is 1. The van der Waals surface area contributed by atoms with Gasteiger partial charge in [0.15, 0.2) is 0 Å².